The van der Waals surface area contributed by atoms with Crippen molar-refractivity contribution in [3.63, 3.8) is 0 Å². The molecule has 0 heterocycles. The van der Waals surface area contributed by atoms with Gasteiger partial charge in [-0.25, -0.2) is 4.79 Å². The molecule has 0 saturated carbocycles. The SMILES string of the molecule is O=C(Nc1cc(Cl)cc(Br)c1)Nc1cc(Cl)ccc1C(=O)NCCCO. The van der Waals surface area contributed by atoms with Crippen molar-refractivity contribution >= 4 is 62.4 Å². The lowest BCUT2D eigenvalue weighted by Crippen LogP contribution is -2.27. The summed E-state index contributed by atoms with van der Waals surface area (Å²) in [4.78, 5) is 24.5. The van der Waals surface area contributed by atoms with Crippen molar-refractivity contribution in [2.75, 3.05) is 23.8 Å². The van der Waals surface area contributed by atoms with Crippen molar-refractivity contribution in [3.8, 4) is 0 Å². The summed E-state index contributed by atoms with van der Waals surface area (Å²) < 4.78 is 0.715. The molecule has 2 aromatic rings. The average molecular weight is 461 g/mol. The molecule has 0 unspecified atom stereocenters. The second-order valence-electron chi connectivity index (χ2n) is 5.26. The molecule has 0 fully saturated rings. The van der Waals surface area contributed by atoms with E-state index in [0.717, 1.165) is 0 Å². The summed E-state index contributed by atoms with van der Waals surface area (Å²) in [6.07, 6.45) is 0.437. The zero-order valence-corrected chi connectivity index (χ0v) is 16.6. The molecule has 3 amide bonds. The highest BCUT2D eigenvalue weighted by atomic mass is 79.9. The van der Waals surface area contributed by atoms with Crippen molar-refractivity contribution < 1.29 is 14.7 Å². The number of carbonyl (C=O) groups is 2. The van der Waals surface area contributed by atoms with E-state index in [1.54, 1.807) is 24.3 Å². The largest absolute Gasteiger partial charge is 0.396 e. The molecule has 138 valence electrons. The van der Waals surface area contributed by atoms with Crippen LogP contribution in [0.5, 0.6) is 0 Å². The Morgan fingerprint density at radius 3 is 2.50 bits per heavy atom. The molecule has 0 radical (unpaired) electrons. The Bertz CT molecular complexity index is 798. The van der Waals surface area contributed by atoms with Gasteiger partial charge in [-0.15, -0.1) is 0 Å². The van der Waals surface area contributed by atoms with Gasteiger partial charge in [-0.1, -0.05) is 39.1 Å². The molecular weight excluding hydrogens is 445 g/mol. The quantitative estimate of drug-likeness (QED) is 0.478. The van der Waals surface area contributed by atoms with Crippen LogP contribution in [0.4, 0.5) is 16.2 Å². The summed E-state index contributed by atoms with van der Waals surface area (Å²) in [5.41, 5.74) is 1.00. The number of hydrogen-bond donors (Lipinski definition) is 4. The molecule has 0 aliphatic carbocycles. The third-order valence-corrected chi connectivity index (χ3v) is 4.13. The Kier molecular flexibility index (Phi) is 7.71. The van der Waals surface area contributed by atoms with Crippen LogP contribution in [0.1, 0.15) is 16.8 Å². The molecule has 0 aliphatic heterocycles. The number of nitrogens with one attached hydrogen (secondary N) is 3. The molecule has 2 aromatic carbocycles. The number of hydrogen-bond acceptors (Lipinski definition) is 3. The molecule has 0 aliphatic rings. The predicted octanol–water partition coefficient (Wildman–Crippen LogP) is 4.51. The second-order valence-corrected chi connectivity index (χ2v) is 7.05. The van der Waals surface area contributed by atoms with Gasteiger partial charge in [0.15, 0.2) is 0 Å². The van der Waals surface area contributed by atoms with Gasteiger partial charge in [0.05, 0.1) is 11.3 Å². The maximum Gasteiger partial charge on any atom is 0.323 e. The van der Waals surface area contributed by atoms with Crippen LogP contribution in [0, 0.1) is 0 Å². The van der Waals surface area contributed by atoms with Crippen LogP contribution in [0.15, 0.2) is 40.9 Å². The predicted molar refractivity (Wildman–Crippen MR) is 107 cm³/mol. The number of carbonyl (C=O) groups excluding carboxylic acids is 2. The van der Waals surface area contributed by atoms with E-state index in [4.69, 9.17) is 28.3 Å². The van der Waals surface area contributed by atoms with E-state index >= 15 is 0 Å². The Morgan fingerprint density at radius 2 is 1.81 bits per heavy atom. The number of benzene rings is 2. The van der Waals surface area contributed by atoms with Crippen molar-refractivity contribution in [3.05, 3.63) is 56.5 Å². The highest BCUT2D eigenvalue weighted by Gasteiger charge is 2.14. The highest BCUT2D eigenvalue weighted by molar-refractivity contribution is 9.10. The molecule has 4 N–H and O–H groups in total. The van der Waals surface area contributed by atoms with Gasteiger partial charge in [0.25, 0.3) is 5.91 Å². The fourth-order valence-corrected chi connectivity index (χ4v) is 3.14. The van der Waals surface area contributed by atoms with Crippen molar-refractivity contribution in [1.29, 1.82) is 0 Å². The molecule has 0 saturated heterocycles. The Labute approximate surface area is 169 Å². The van der Waals surface area contributed by atoms with E-state index in [1.807, 2.05) is 0 Å². The Hall–Kier alpha value is -1.80. The molecular formula is C17H16BrCl2N3O3. The first-order valence-corrected chi connectivity index (χ1v) is 9.16. The molecule has 2 rings (SSSR count). The first kappa shape index (κ1) is 20.5. The number of rotatable bonds is 6. The summed E-state index contributed by atoms with van der Waals surface area (Å²) in [5, 5.41) is 17.5. The van der Waals surface area contributed by atoms with E-state index in [2.05, 4.69) is 31.9 Å². The first-order chi connectivity index (χ1) is 12.4. The zero-order chi connectivity index (χ0) is 19.1. The summed E-state index contributed by atoms with van der Waals surface area (Å²) >= 11 is 15.2. The lowest BCUT2D eigenvalue weighted by molar-refractivity contribution is 0.0952. The number of halogens is 3. The number of aliphatic hydroxyl groups excluding tert-OH is 1. The van der Waals surface area contributed by atoms with Crippen LogP contribution < -0.4 is 16.0 Å². The van der Waals surface area contributed by atoms with Crippen LogP contribution in [0.3, 0.4) is 0 Å². The molecule has 0 spiro atoms. The Morgan fingerprint density at radius 1 is 1.04 bits per heavy atom. The molecule has 0 aromatic heterocycles. The maximum absolute atomic E-state index is 12.3. The molecule has 26 heavy (non-hydrogen) atoms. The highest BCUT2D eigenvalue weighted by Crippen LogP contribution is 2.24. The topological polar surface area (TPSA) is 90.5 Å². The van der Waals surface area contributed by atoms with Gasteiger partial charge in [-0.2, -0.15) is 0 Å². The average Bonchev–Trinajstić information content (AvgIpc) is 2.53. The lowest BCUT2D eigenvalue weighted by atomic mass is 10.1. The minimum atomic E-state index is -0.550. The molecule has 0 bridgehead atoms. The number of urea groups is 1. The molecule has 0 atom stereocenters. The first-order valence-electron chi connectivity index (χ1n) is 7.62. The van der Waals surface area contributed by atoms with Crippen molar-refractivity contribution in [2.45, 2.75) is 6.42 Å². The van der Waals surface area contributed by atoms with Crippen LogP contribution in [-0.4, -0.2) is 30.2 Å². The number of amides is 3. The van der Waals surface area contributed by atoms with E-state index in [-0.39, 0.29) is 23.8 Å². The van der Waals surface area contributed by atoms with Gasteiger partial charge < -0.3 is 21.1 Å². The van der Waals surface area contributed by atoms with Crippen LogP contribution in [0.2, 0.25) is 10.0 Å². The minimum Gasteiger partial charge on any atom is -0.396 e. The molecule has 9 heteroatoms. The number of anilines is 2. The molecule has 6 nitrogen and oxygen atoms in total. The lowest BCUT2D eigenvalue weighted by Gasteiger charge is -2.13. The third kappa shape index (κ3) is 6.17. The minimum absolute atomic E-state index is 0.0242. The van der Waals surface area contributed by atoms with Crippen molar-refractivity contribution in [2.24, 2.45) is 0 Å². The van der Waals surface area contributed by atoms with Crippen LogP contribution >= 0.6 is 39.1 Å². The monoisotopic (exact) mass is 459 g/mol. The zero-order valence-electron chi connectivity index (χ0n) is 13.5. The summed E-state index contributed by atoms with van der Waals surface area (Å²) in [7, 11) is 0. The van der Waals surface area contributed by atoms with Gasteiger partial charge >= 0.3 is 6.03 Å². The van der Waals surface area contributed by atoms with Gasteiger partial charge in [-0.3, -0.25) is 4.79 Å². The van der Waals surface area contributed by atoms with Gasteiger partial charge in [0.1, 0.15) is 0 Å². The number of aliphatic hydroxyl groups is 1. The van der Waals surface area contributed by atoms with Crippen molar-refractivity contribution in [1.82, 2.24) is 5.32 Å². The van der Waals surface area contributed by atoms with E-state index in [1.165, 1.54) is 12.1 Å². The fraction of sp³-hybridized carbons (Fsp3) is 0.176. The van der Waals surface area contributed by atoms with Crippen LogP contribution in [-0.2, 0) is 0 Å². The van der Waals surface area contributed by atoms with E-state index < -0.39 is 6.03 Å². The normalized spacial score (nSPS) is 10.3. The third-order valence-electron chi connectivity index (χ3n) is 3.22. The fourth-order valence-electron chi connectivity index (χ4n) is 2.10. The van der Waals surface area contributed by atoms with Gasteiger partial charge in [-0.05, 0) is 42.8 Å². The smallest absolute Gasteiger partial charge is 0.323 e. The maximum atomic E-state index is 12.3. The second kappa shape index (κ2) is 9.78. The van der Waals surface area contributed by atoms with Gasteiger partial charge in [0, 0.05) is 33.4 Å². The Balaban J connectivity index is 2.13. The van der Waals surface area contributed by atoms with E-state index in [0.29, 0.717) is 33.2 Å². The van der Waals surface area contributed by atoms with Gasteiger partial charge in [0.2, 0.25) is 0 Å². The summed E-state index contributed by atoms with van der Waals surface area (Å²) in [5.74, 6) is -0.379. The van der Waals surface area contributed by atoms with E-state index in [9.17, 15) is 9.59 Å². The summed E-state index contributed by atoms with van der Waals surface area (Å²) in [6, 6.07) is 8.97. The summed E-state index contributed by atoms with van der Waals surface area (Å²) in [6.45, 7) is 0.295. The van der Waals surface area contributed by atoms with Crippen LogP contribution in [0.25, 0.3) is 0 Å². The standard InChI is InChI=1S/C17H16BrCl2N3O3/c18-10-6-12(20)8-13(7-10)22-17(26)23-15-9-11(19)2-3-14(15)16(25)21-4-1-5-24/h2-3,6-9,24H,1,4-5H2,(H,21,25)(H2,22,23,26).